The standard InChI is InChI=1S/C13H14BrNO2/c1-17-12(16)15-7-6-13(14)10-5-3-2-4-9(10)8-11(13)15/h2-5,11H,6-8H2,1H3/t11?,13-/m0/s1. The zero-order chi connectivity index (χ0) is 12.0. The van der Waals surface area contributed by atoms with E-state index in [1.165, 1.54) is 18.2 Å². The van der Waals surface area contributed by atoms with Gasteiger partial charge in [-0.2, -0.15) is 0 Å². The first-order valence-corrected chi connectivity index (χ1v) is 6.58. The van der Waals surface area contributed by atoms with Gasteiger partial charge in [0.1, 0.15) is 0 Å². The lowest BCUT2D eigenvalue weighted by Gasteiger charge is -2.27. The van der Waals surface area contributed by atoms with Crippen LogP contribution in [0.4, 0.5) is 4.79 Å². The van der Waals surface area contributed by atoms with Gasteiger partial charge in [0.2, 0.25) is 0 Å². The number of likely N-dealkylation sites (tertiary alicyclic amines) is 1. The second-order valence-electron chi connectivity index (χ2n) is 4.65. The molecule has 90 valence electrons. The Hall–Kier alpha value is -1.03. The third-order valence-electron chi connectivity index (χ3n) is 3.91. The van der Waals surface area contributed by atoms with E-state index in [1.807, 2.05) is 4.90 Å². The molecule has 0 saturated carbocycles. The minimum atomic E-state index is -0.218. The Morgan fingerprint density at radius 1 is 1.53 bits per heavy atom. The molecule has 2 atom stereocenters. The maximum absolute atomic E-state index is 11.7. The predicted octanol–water partition coefficient (Wildman–Crippen LogP) is 2.67. The number of carbonyl (C=O) groups excluding carboxylic acids is 1. The van der Waals surface area contributed by atoms with E-state index in [2.05, 4.69) is 40.2 Å². The number of hydrogen-bond donors (Lipinski definition) is 0. The Morgan fingerprint density at radius 2 is 2.29 bits per heavy atom. The smallest absolute Gasteiger partial charge is 0.409 e. The molecular formula is C13H14BrNO2. The topological polar surface area (TPSA) is 29.5 Å². The van der Waals surface area contributed by atoms with Gasteiger partial charge < -0.3 is 9.64 Å². The van der Waals surface area contributed by atoms with Crippen molar-refractivity contribution in [3.05, 3.63) is 35.4 Å². The molecule has 0 bridgehead atoms. The van der Waals surface area contributed by atoms with Crippen molar-refractivity contribution in [1.82, 2.24) is 4.90 Å². The van der Waals surface area contributed by atoms with Crippen molar-refractivity contribution >= 4 is 22.0 Å². The number of rotatable bonds is 0. The van der Waals surface area contributed by atoms with Gasteiger partial charge in [-0.15, -0.1) is 0 Å². The molecule has 1 amide bonds. The summed E-state index contributed by atoms with van der Waals surface area (Å²) in [6, 6.07) is 8.60. The van der Waals surface area contributed by atoms with Crippen LogP contribution in [0.15, 0.2) is 24.3 Å². The zero-order valence-corrected chi connectivity index (χ0v) is 11.2. The lowest BCUT2D eigenvalue weighted by atomic mass is 9.98. The Morgan fingerprint density at radius 3 is 3.06 bits per heavy atom. The fraction of sp³-hybridized carbons (Fsp3) is 0.462. The van der Waals surface area contributed by atoms with Crippen LogP contribution in [0.3, 0.4) is 0 Å². The van der Waals surface area contributed by atoms with Crippen LogP contribution in [0.5, 0.6) is 0 Å². The average Bonchev–Trinajstić information content (AvgIpc) is 2.81. The molecule has 1 unspecified atom stereocenters. The molecule has 1 fully saturated rings. The number of hydrogen-bond acceptors (Lipinski definition) is 2. The Bertz CT molecular complexity index is 476. The van der Waals surface area contributed by atoms with Crippen LogP contribution in [-0.2, 0) is 15.5 Å². The molecule has 17 heavy (non-hydrogen) atoms. The van der Waals surface area contributed by atoms with E-state index in [4.69, 9.17) is 4.74 Å². The highest BCUT2D eigenvalue weighted by Crippen LogP contribution is 2.52. The highest BCUT2D eigenvalue weighted by Gasteiger charge is 2.53. The molecule has 0 radical (unpaired) electrons. The van der Waals surface area contributed by atoms with Crippen LogP contribution >= 0.6 is 15.9 Å². The first-order chi connectivity index (χ1) is 8.16. The van der Waals surface area contributed by atoms with Crippen LogP contribution in [0.25, 0.3) is 0 Å². The normalized spacial score (nSPS) is 30.0. The maximum atomic E-state index is 11.7. The SMILES string of the molecule is COC(=O)N1CC[C@]2(Br)c3ccccc3CC12. The summed E-state index contributed by atoms with van der Waals surface area (Å²) in [5.41, 5.74) is 2.67. The summed E-state index contributed by atoms with van der Waals surface area (Å²) in [6.45, 7) is 0.761. The Kier molecular flexibility index (Phi) is 2.43. The number of amides is 1. The first kappa shape index (κ1) is 11.1. The van der Waals surface area contributed by atoms with Crippen LogP contribution in [0.1, 0.15) is 17.5 Å². The van der Waals surface area contributed by atoms with Gasteiger partial charge in [0.05, 0.1) is 17.5 Å². The van der Waals surface area contributed by atoms with E-state index < -0.39 is 0 Å². The second-order valence-corrected chi connectivity index (χ2v) is 6.07. The van der Waals surface area contributed by atoms with Crippen molar-refractivity contribution in [2.24, 2.45) is 0 Å². The third kappa shape index (κ3) is 1.43. The molecular weight excluding hydrogens is 282 g/mol. The third-order valence-corrected chi connectivity index (χ3v) is 5.26. The molecule has 2 aliphatic rings. The molecule has 3 rings (SSSR count). The van der Waals surface area contributed by atoms with Gasteiger partial charge in [0.25, 0.3) is 0 Å². The highest BCUT2D eigenvalue weighted by molar-refractivity contribution is 9.09. The van der Waals surface area contributed by atoms with Gasteiger partial charge in [-0.1, -0.05) is 40.2 Å². The average molecular weight is 296 g/mol. The molecule has 1 saturated heterocycles. The van der Waals surface area contributed by atoms with Gasteiger partial charge in [-0.3, -0.25) is 0 Å². The minimum absolute atomic E-state index is 0.0716. The number of halogens is 1. The van der Waals surface area contributed by atoms with Crippen molar-refractivity contribution in [3.63, 3.8) is 0 Å². The number of nitrogens with zero attached hydrogens (tertiary/aromatic N) is 1. The number of fused-ring (bicyclic) bond motifs is 3. The van der Waals surface area contributed by atoms with E-state index in [1.54, 1.807) is 0 Å². The van der Waals surface area contributed by atoms with Crippen molar-refractivity contribution in [2.45, 2.75) is 23.2 Å². The molecule has 1 aromatic carbocycles. The molecule has 1 aliphatic carbocycles. The molecule has 0 N–H and O–H groups in total. The summed E-state index contributed by atoms with van der Waals surface area (Å²) in [6.07, 6.45) is 1.64. The van der Waals surface area contributed by atoms with Gasteiger partial charge in [0, 0.05) is 6.54 Å². The van der Waals surface area contributed by atoms with E-state index in [9.17, 15) is 4.79 Å². The van der Waals surface area contributed by atoms with Crippen LogP contribution in [0.2, 0.25) is 0 Å². The lowest BCUT2D eigenvalue weighted by Crippen LogP contribution is -2.40. The number of ether oxygens (including phenoxy) is 1. The summed E-state index contributed by atoms with van der Waals surface area (Å²) in [7, 11) is 1.44. The minimum Gasteiger partial charge on any atom is -0.453 e. The molecule has 3 nitrogen and oxygen atoms in total. The summed E-state index contributed by atoms with van der Waals surface area (Å²) >= 11 is 3.86. The second kappa shape index (κ2) is 3.73. The Labute approximate surface area is 109 Å². The molecule has 1 heterocycles. The number of benzene rings is 1. The summed E-state index contributed by atoms with van der Waals surface area (Å²) in [4.78, 5) is 13.6. The molecule has 0 aromatic heterocycles. The van der Waals surface area contributed by atoms with E-state index in [-0.39, 0.29) is 16.5 Å². The van der Waals surface area contributed by atoms with Crippen molar-refractivity contribution < 1.29 is 9.53 Å². The predicted molar refractivity (Wildman–Crippen MR) is 68.3 cm³/mol. The maximum Gasteiger partial charge on any atom is 0.409 e. The van der Waals surface area contributed by atoms with Crippen molar-refractivity contribution in [2.75, 3.05) is 13.7 Å². The molecule has 1 aliphatic heterocycles. The fourth-order valence-corrected chi connectivity index (χ4v) is 4.06. The number of methoxy groups -OCH3 is 1. The Balaban J connectivity index is 2.00. The van der Waals surface area contributed by atoms with E-state index in [0.717, 1.165) is 19.4 Å². The highest BCUT2D eigenvalue weighted by atomic mass is 79.9. The molecule has 1 aromatic rings. The van der Waals surface area contributed by atoms with Crippen molar-refractivity contribution in [3.8, 4) is 0 Å². The summed E-state index contributed by atoms with van der Waals surface area (Å²) in [5.74, 6) is 0. The fourth-order valence-electron chi connectivity index (χ4n) is 3.09. The van der Waals surface area contributed by atoms with Gasteiger partial charge >= 0.3 is 6.09 Å². The molecule has 4 heteroatoms. The van der Waals surface area contributed by atoms with Gasteiger partial charge in [0.15, 0.2) is 0 Å². The largest absolute Gasteiger partial charge is 0.453 e. The van der Waals surface area contributed by atoms with Gasteiger partial charge in [-0.25, -0.2) is 4.79 Å². The van der Waals surface area contributed by atoms with E-state index >= 15 is 0 Å². The number of alkyl halides is 1. The lowest BCUT2D eigenvalue weighted by molar-refractivity contribution is 0.118. The zero-order valence-electron chi connectivity index (χ0n) is 9.65. The van der Waals surface area contributed by atoms with Crippen LogP contribution in [0, 0.1) is 0 Å². The summed E-state index contributed by atoms with van der Waals surface area (Å²) < 4.78 is 4.78. The van der Waals surface area contributed by atoms with E-state index in [0.29, 0.717) is 0 Å². The van der Waals surface area contributed by atoms with Gasteiger partial charge in [-0.05, 0) is 24.0 Å². The first-order valence-electron chi connectivity index (χ1n) is 5.78. The monoisotopic (exact) mass is 295 g/mol. The molecule has 0 spiro atoms. The summed E-state index contributed by atoms with van der Waals surface area (Å²) in [5, 5.41) is 0. The number of carbonyl (C=O) groups is 1. The van der Waals surface area contributed by atoms with Crippen LogP contribution < -0.4 is 0 Å². The van der Waals surface area contributed by atoms with Crippen molar-refractivity contribution in [1.29, 1.82) is 0 Å². The van der Waals surface area contributed by atoms with Crippen LogP contribution in [-0.4, -0.2) is 30.7 Å². The quantitative estimate of drug-likeness (QED) is 0.689.